The Bertz CT molecular complexity index is 456. The fraction of sp³-hybridized carbons (Fsp3) is 0.737. The second-order valence-electron chi connectivity index (χ2n) is 6.60. The summed E-state index contributed by atoms with van der Waals surface area (Å²) < 4.78 is 10.8. The average Bonchev–Trinajstić information content (AvgIpc) is 3.07. The Balaban J connectivity index is 0.00000625. The van der Waals surface area contributed by atoms with Crippen molar-refractivity contribution in [3.05, 3.63) is 24.2 Å². The third-order valence-electron chi connectivity index (χ3n) is 3.87. The molecule has 7 heteroatoms. The van der Waals surface area contributed by atoms with Crippen LogP contribution >= 0.6 is 24.0 Å². The minimum Gasteiger partial charge on any atom is -0.467 e. The van der Waals surface area contributed by atoms with E-state index in [9.17, 15) is 0 Å². The van der Waals surface area contributed by atoms with Gasteiger partial charge in [0.25, 0.3) is 0 Å². The van der Waals surface area contributed by atoms with Crippen LogP contribution in [0.5, 0.6) is 0 Å². The topological polar surface area (TPSA) is 62.0 Å². The van der Waals surface area contributed by atoms with E-state index in [4.69, 9.17) is 9.15 Å². The highest BCUT2D eigenvalue weighted by Gasteiger charge is 2.12. The van der Waals surface area contributed by atoms with E-state index in [2.05, 4.69) is 55.1 Å². The third kappa shape index (κ3) is 11.0. The van der Waals surface area contributed by atoms with Crippen LogP contribution in [0.2, 0.25) is 0 Å². The van der Waals surface area contributed by atoms with E-state index in [-0.39, 0.29) is 24.0 Å². The van der Waals surface area contributed by atoms with Crippen molar-refractivity contribution >= 4 is 29.9 Å². The molecule has 0 radical (unpaired) electrons. The molecule has 0 aliphatic carbocycles. The largest absolute Gasteiger partial charge is 0.467 e. The summed E-state index contributed by atoms with van der Waals surface area (Å²) >= 11 is 0. The van der Waals surface area contributed by atoms with Crippen molar-refractivity contribution in [2.75, 3.05) is 32.8 Å². The number of nitrogens with one attached hydrogen (secondary N) is 2. The van der Waals surface area contributed by atoms with E-state index in [0.717, 1.165) is 44.3 Å². The zero-order chi connectivity index (χ0) is 18.5. The minimum atomic E-state index is 0. The molecule has 0 fully saturated rings. The lowest BCUT2D eigenvalue weighted by atomic mass is 10.2. The summed E-state index contributed by atoms with van der Waals surface area (Å²) in [4.78, 5) is 7.08. The molecule has 152 valence electrons. The van der Waals surface area contributed by atoms with Gasteiger partial charge in [-0.25, -0.2) is 0 Å². The Labute approximate surface area is 176 Å². The van der Waals surface area contributed by atoms with E-state index in [1.807, 2.05) is 12.1 Å². The van der Waals surface area contributed by atoms with Crippen LogP contribution in [-0.4, -0.2) is 55.7 Å². The SMILES string of the molecule is CCNC(=NCCCOCc1ccco1)NCCN(C(C)C)C(C)C.I. The lowest BCUT2D eigenvalue weighted by molar-refractivity contribution is 0.105. The van der Waals surface area contributed by atoms with Gasteiger partial charge in [0.2, 0.25) is 0 Å². The quantitative estimate of drug-likeness (QED) is 0.208. The molecule has 0 unspecified atom stereocenters. The van der Waals surface area contributed by atoms with Gasteiger partial charge in [-0.3, -0.25) is 9.89 Å². The average molecular weight is 480 g/mol. The molecule has 0 aromatic carbocycles. The number of halogens is 1. The second kappa shape index (κ2) is 15.3. The van der Waals surface area contributed by atoms with Crippen molar-refractivity contribution in [2.45, 2.75) is 59.7 Å². The first-order valence-electron chi connectivity index (χ1n) is 9.42. The van der Waals surface area contributed by atoms with Gasteiger partial charge < -0.3 is 19.8 Å². The predicted octanol–water partition coefficient (Wildman–Crippen LogP) is 3.48. The lowest BCUT2D eigenvalue weighted by Crippen LogP contribution is -2.45. The molecule has 0 spiro atoms. The molecule has 0 amide bonds. The van der Waals surface area contributed by atoms with E-state index >= 15 is 0 Å². The van der Waals surface area contributed by atoms with Crippen molar-refractivity contribution in [3.8, 4) is 0 Å². The van der Waals surface area contributed by atoms with Crippen molar-refractivity contribution < 1.29 is 9.15 Å². The number of aliphatic imine (C=N–C) groups is 1. The summed E-state index contributed by atoms with van der Waals surface area (Å²) in [6.07, 6.45) is 2.55. The zero-order valence-electron chi connectivity index (χ0n) is 17.0. The molecule has 1 aromatic heterocycles. The van der Waals surface area contributed by atoms with Crippen LogP contribution in [0, 0.1) is 0 Å². The molecule has 6 nitrogen and oxygen atoms in total. The van der Waals surface area contributed by atoms with Gasteiger partial charge in [0.15, 0.2) is 5.96 Å². The number of nitrogens with zero attached hydrogens (tertiary/aromatic N) is 2. The Morgan fingerprint density at radius 3 is 2.54 bits per heavy atom. The van der Waals surface area contributed by atoms with Crippen molar-refractivity contribution in [1.82, 2.24) is 15.5 Å². The van der Waals surface area contributed by atoms with E-state index in [1.54, 1.807) is 6.26 Å². The summed E-state index contributed by atoms with van der Waals surface area (Å²) in [5.41, 5.74) is 0. The van der Waals surface area contributed by atoms with Crippen LogP contribution in [0.1, 0.15) is 46.8 Å². The maximum absolute atomic E-state index is 5.57. The molecule has 0 aliphatic rings. The molecule has 2 N–H and O–H groups in total. The highest BCUT2D eigenvalue weighted by atomic mass is 127. The molecule has 1 rings (SSSR count). The Morgan fingerprint density at radius 2 is 1.96 bits per heavy atom. The first-order chi connectivity index (χ1) is 12.0. The molecule has 1 heterocycles. The number of furan rings is 1. The Morgan fingerprint density at radius 1 is 1.23 bits per heavy atom. The van der Waals surface area contributed by atoms with Gasteiger partial charge in [-0.05, 0) is 53.2 Å². The molecule has 26 heavy (non-hydrogen) atoms. The van der Waals surface area contributed by atoms with Gasteiger partial charge >= 0.3 is 0 Å². The summed E-state index contributed by atoms with van der Waals surface area (Å²) in [5, 5.41) is 6.71. The van der Waals surface area contributed by atoms with E-state index in [1.165, 1.54) is 0 Å². The first kappa shape index (κ1) is 25.2. The third-order valence-corrected chi connectivity index (χ3v) is 3.87. The molecule has 0 saturated carbocycles. The Hall–Kier alpha value is -0.800. The monoisotopic (exact) mass is 480 g/mol. The summed E-state index contributed by atoms with van der Waals surface area (Å²) in [6.45, 7) is 15.7. The first-order valence-corrected chi connectivity index (χ1v) is 9.42. The van der Waals surface area contributed by atoms with Crippen molar-refractivity contribution in [1.29, 1.82) is 0 Å². The van der Waals surface area contributed by atoms with Crippen LogP contribution in [0.15, 0.2) is 27.8 Å². The fourth-order valence-corrected chi connectivity index (χ4v) is 2.68. The van der Waals surface area contributed by atoms with Crippen LogP contribution in [0.25, 0.3) is 0 Å². The number of rotatable bonds is 12. The van der Waals surface area contributed by atoms with E-state index in [0.29, 0.717) is 25.3 Å². The van der Waals surface area contributed by atoms with Crippen LogP contribution in [0.3, 0.4) is 0 Å². The molecule has 1 aromatic rings. The number of hydrogen-bond acceptors (Lipinski definition) is 4. The smallest absolute Gasteiger partial charge is 0.191 e. The predicted molar refractivity (Wildman–Crippen MR) is 119 cm³/mol. The zero-order valence-corrected chi connectivity index (χ0v) is 19.3. The van der Waals surface area contributed by atoms with Crippen molar-refractivity contribution in [2.24, 2.45) is 4.99 Å². The fourth-order valence-electron chi connectivity index (χ4n) is 2.68. The van der Waals surface area contributed by atoms with Crippen LogP contribution in [-0.2, 0) is 11.3 Å². The number of ether oxygens (including phenoxy) is 1. The van der Waals surface area contributed by atoms with Gasteiger partial charge in [-0.15, -0.1) is 24.0 Å². The van der Waals surface area contributed by atoms with E-state index < -0.39 is 0 Å². The van der Waals surface area contributed by atoms with Crippen LogP contribution in [0.4, 0.5) is 0 Å². The van der Waals surface area contributed by atoms with Gasteiger partial charge in [-0.2, -0.15) is 0 Å². The minimum absolute atomic E-state index is 0. The molecule has 0 bridgehead atoms. The standard InChI is InChI=1S/C19H36N4O2.HI/c1-6-20-19(22-11-12-23(16(2)3)17(4)5)21-10-8-13-24-15-18-9-7-14-25-18;/h7,9,14,16-17H,6,8,10-13,15H2,1-5H3,(H2,20,21,22);1H. The summed E-state index contributed by atoms with van der Waals surface area (Å²) in [6, 6.07) is 4.89. The number of hydrogen-bond donors (Lipinski definition) is 2. The normalized spacial score (nSPS) is 11.9. The van der Waals surface area contributed by atoms with Gasteiger partial charge in [0, 0.05) is 44.9 Å². The lowest BCUT2D eigenvalue weighted by Gasteiger charge is -2.30. The summed E-state index contributed by atoms with van der Waals surface area (Å²) in [7, 11) is 0. The van der Waals surface area contributed by atoms with Crippen molar-refractivity contribution in [3.63, 3.8) is 0 Å². The molecule has 0 atom stereocenters. The number of guanidine groups is 1. The highest BCUT2D eigenvalue weighted by molar-refractivity contribution is 14.0. The molecular weight excluding hydrogens is 443 g/mol. The van der Waals surface area contributed by atoms with Gasteiger partial charge in [-0.1, -0.05) is 0 Å². The maximum Gasteiger partial charge on any atom is 0.191 e. The van der Waals surface area contributed by atoms with Gasteiger partial charge in [0.1, 0.15) is 12.4 Å². The Kier molecular flexibility index (Phi) is 14.8. The second-order valence-corrected chi connectivity index (χ2v) is 6.60. The summed E-state index contributed by atoms with van der Waals surface area (Å²) in [5.74, 6) is 1.74. The van der Waals surface area contributed by atoms with Gasteiger partial charge in [0.05, 0.1) is 6.26 Å². The highest BCUT2D eigenvalue weighted by Crippen LogP contribution is 2.03. The molecule has 0 aliphatic heterocycles. The molecule has 0 saturated heterocycles. The maximum atomic E-state index is 5.57. The molecular formula is C19H37IN4O2. The van der Waals surface area contributed by atoms with Crippen LogP contribution < -0.4 is 10.6 Å².